The lowest BCUT2D eigenvalue weighted by Gasteiger charge is -1.86. The van der Waals surface area contributed by atoms with E-state index in [9.17, 15) is 0 Å². The van der Waals surface area contributed by atoms with E-state index in [-0.39, 0.29) is 0 Å². The van der Waals surface area contributed by atoms with Crippen LogP contribution in [0.4, 0.5) is 0 Å². The van der Waals surface area contributed by atoms with Crippen molar-refractivity contribution in [2.24, 2.45) is 0 Å². The number of rotatable bonds is 1. The largest absolute Gasteiger partial charge is 0.361 e. The van der Waals surface area contributed by atoms with E-state index in [1.807, 2.05) is 13.1 Å². The van der Waals surface area contributed by atoms with Crippen LogP contribution in [0.25, 0.3) is 0 Å². The first-order valence-electron chi connectivity index (χ1n) is 3.29. The third-order valence-corrected chi connectivity index (χ3v) is 1.81. The van der Waals surface area contributed by atoms with Gasteiger partial charge in [0.2, 0.25) is 0 Å². The van der Waals surface area contributed by atoms with Crippen molar-refractivity contribution in [2.75, 3.05) is 0 Å². The van der Waals surface area contributed by atoms with Gasteiger partial charge in [-0.05, 0) is 25.7 Å². The van der Waals surface area contributed by atoms with Gasteiger partial charge in [0, 0.05) is 5.56 Å². The lowest BCUT2D eigenvalue weighted by molar-refractivity contribution is 0.396. The predicted molar refractivity (Wildman–Crippen MR) is 33.2 cm³/mol. The van der Waals surface area contributed by atoms with Crippen LogP contribution in [0.1, 0.15) is 30.1 Å². The molecule has 1 heterocycles. The molecule has 0 amide bonds. The van der Waals surface area contributed by atoms with Crippen molar-refractivity contribution in [3.05, 3.63) is 17.5 Å². The van der Waals surface area contributed by atoms with Gasteiger partial charge in [0.05, 0.1) is 6.20 Å². The monoisotopic (exact) mass is 123 g/mol. The SMILES string of the molecule is Cc1oncc1C1CC1. The molecule has 0 N–H and O–H groups in total. The van der Waals surface area contributed by atoms with E-state index in [0.717, 1.165) is 11.7 Å². The van der Waals surface area contributed by atoms with Gasteiger partial charge in [0.25, 0.3) is 0 Å². The first-order valence-corrected chi connectivity index (χ1v) is 3.29. The molecule has 9 heavy (non-hydrogen) atoms. The molecule has 1 aliphatic rings. The number of nitrogens with zero attached hydrogens (tertiary/aromatic N) is 1. The van der Waals surface area contributed by atoms with Crippen molar-refractivity contribution in [1.82, 2.24) is 5.16 Å². The highest BCUT2D eigenvalue weighted by atomic mass is 16.5. The maximum Gasteiger partial charge on any atom is 0.137 e. The molecule has 0 bridgehead atoms. The summed E-state index contributed by atoms with van der Waals surface area (Å²) >= 11 is 0. The van der Waals surface area contributed by atoms with Crippen LogP contribution in [0.15, 0.2) is 10.7 Å². The summed E-state index contributed by atoms with van der Waals surface area (Å²) in [6.45, 7) is 1.97. The van der Waals surface area contributed by atoms with Gasteiger partial charge in [-0.15, -0.1) is 0 Å². The molecule has 0 radical (unpaired) electrons. The second kappa shape index (κ2) is 1.59. The summed E-state index contributed by atoms with van der Waals surface area (Å²) < 4.78 is 4.92. The second-order valence-electron chi connectivity index (χ2n) is 2.61. The van der Waals surface area contributed by atoms with Crippen molar-refractivity contribution in [3.63, 3.8) is 0 Å². The topological polar surface area (TPSA) is 26.0 Å². The van der Waals surface area contributed by atoms with Crippen LogP contribution in [-0.2, 0) is 0 Å². The van der Waals surface area contributed by atoms with E-state index >= 15 is 0 Å². The van der Waals surface area contributed by atoms with E-state index in [0.29, 0.717) is 0 Å². The minimum atomic E-state index is 0.774. The second-order valence-corrected chi connectivity index (χ2v) is 2.61. The Hall–Kier alpha value is -0.790. The van der Waals surface area contributed by atoms with Crippen LogP contribution in [0.3, 0.4) is 0 Å². The van der Waals surface area contributed by atoms with Gasteiger partial charge in [-0.1, -0.05) is 5.16 Å². The number of aromatic nitrogens is 1. The molecular weight excluding hydrogens is 114 g/mol. The van der Waals surface area contributed by atoms with Crippen molar-refractivity contribution in [1.29, 1.82) is 0 Å². The van der Waals surface area contributed by atoms with Crippen LogP contribution in [0, 0.1) is 6.92 Å². The average Bonchev–Trinajstić information content (AvgIpc) is 2.58. The fourth-order valence-electron chi connectivity index (χ4n) is 1.09. The molecule has 0 saturated heterocycles. The molecule has 1 saturated carbocycles. The molecule has 0 spiro atoms. The molecule has 1 aromatic heterocycles. The van der Waals surface area contributed by atoms with Crippen LogP contribution in [-0.4, -0.2) is 5.16 Å². The molecule has 1 fully saturated rings. The van der Waals surface area contributed by atoms with Gasteiger partial charge >= 0.3 is 0 Å². The van der Waals surface area contributed by atoms with E-state index < -0.39 is 0 Å². The first kappa shape index (κ1) is 5.03. The molecule has 0 atom stereocenters. The average molecular weight is 123 g/mol. The van der Waals surface area contributed by atoms with Crippen molar-refractivity contribution in [3.8, 4) is 0 Å². The zero-order valence-corrected chi connectivity index (χ0v) is 5.42. The van der Waals surface area contributed by atoms with E-state index in [4.69, 9.17) is 4.52 Å². The summed E-state index contributed by atoms with van der Waals surface area (Å²) in [7, 11) is 0. The lowest BCUT2D eigenvalue weighted by Crippen LogP contribution is -1.75. The summed E-state index contributed by atoms with van der Waals surface area (Å²) in [4.78, 5) is 0. The zero-order chi connectivity index (χ0) is 6.27. The minimum absolute atomic E-state index is 0.774. The molecule has 48 valence electrons. The molecule has 2 heteroatoms. The number of aryl methyl sites for hydroxylation is 1. The Morgan fingerprint density at radius 3 is 2.89 bits per heavy atom. The minimum Gasteiger partial charge on any atom is -0.361 e. The van der Waals surface area contributed by atoms with Gasteiger partial charge in [-0.25, -0.2) is 0 Å². The van der Waals surface area contributed by atoms with Gasteiger partial charge in [-0.2, -0.15) is 0 Å². The highest BCUT2D eigenvalue weighted by Gasteiger charge is 2.26. The Bertz CT molecular complexity index is 212. The van der Waals surface area contributed by atoms with Crippen LogP contribution in [0.5, 0.6) is 0 Å². The summed E-state index contributed by atoms with van der Waals surface area (Å²) in [6, 6.07) is 0. The lowest BCUT2D eigenvalue weighted by atomic mass is 10.2. The molecular formula is C7H9NO. The van der Waals surface area contributed by atoms with E-state index in [1.165, 1.54) is 18.4 Å². The fraction of sp³-hybridized carbons (Fsp3) is 0.571. The van der Waals surface area contributed by atoms with Gasteiger partial charge in [0.15, 0.2) is 0 Å². The standard InChI is InChI=1S/C7H9NO/c1-5-7(4-8-9-5)6-2-3-6/h4,6H,2-3H2,1H3. The smallest absolute Gasteiger partial charge is 0.137 e. The Morgan fingerprint density at radius 2 is 2.44 bits per heavy atom. The van der Waals surface area contributed by atoms with Crippen molar-refractivity contribution >= 4 is 0 Å². The normalized spacial score (nSPS) is 18.3. The highest BCUT2D eigenvalue weighted by molar-refractivity contribution is 5.21. The zero-order valence-electron chi connectivity index (χ0n) is 5.42. The molecule has 2 nitrogen and oxygen atoms in total. The third-order valence-electron chi connectivity index (χ3n) is 1.81. The summed E-state index contributed by atoms with van der Waals surface area (Å²) in [5.41, 5.74) is 1.31. The quantitative estimate of drug-likeness (QED) is 0.569. The Labute approximate surface area is 53.9 Å². The van der Waals surface area contributed by atoms with Crippen molar-refractivity contribution in [2.45, 2.75) is 25.7 Å². The molecule has 1 aromatic rings. The fourth-order valence-corrected chi connectivity index (χ4v) is 1.09. The first-order chi connectivity index (χ1) is 4.38. The summed E-state index contributed by atoms with van der Waals surface area (Å²) in [6.07, 6.45) is 4.48. The summed E-state index contributed by atoms with van der Waals surface area (Å²) in [5, 5.41) is 3.71. The van der Waals surface area contributed by atoms with Crippen LogP contribution < -0.4 is 0 Å². The van der Waals surface area contributed by atoms with Crippen LogP contribution >= 0.6 is 0 Å². The number of hydrogen-bond acceptors (Lipinski definition) is 2. The number of hydrogen-bond donors (Lipinski definition) is 0. The predicted octanol–water partition coefficient (Wildman–Crippen LogP) is 1.86. The third kappa shape index (κ3) is 0.745. The highest BCUT2D eigenvalue weighted by Crippen LogP contribution is 2.41. The van der Waals surface area contributed by atoms with Crippen molar-refractivity contribution < 1.29 is 4.52 Å². The van der Waals surface area contributed by atoms with Gasteiger partial charge in [0.1, 0.15) is 5.76 Å². The molecule has 2 rings (SSSR count). The molecule has 1 aliphatic carbocycles. The van der Waals surface area contributed by atoms with Crippen LogP contribution in [0.2, 0.25) is 0 Å². The molecule has 0 aromatic carbocycles. The Kier molecular flexibility index (Phi) is 0.891. The maximum absolute atomic E-state index is 4.92. The summed E-state index contributed by atoms with van der Waals surface area (Å²) in [5.74, 6) is 1.77. The Morgan fingerprint density at radius 1 is 1.67 bits per heavy atom. The maximum atomic E-state index is 4.92. The van der Waals surface area contributed by atoms with E-state index in [1.54, 1.807) is 0 Å². The molecule has 0 unspecified atom stereocenters. The molecule has 0 aliphatic heterocycles. The van der Waals surface area contributed by atoms with E-state index in [2.05, 4.69) is 5.16 Å². The Balaban J connectivity index is 2.35. The van der Waals surface area contributed by atoms with Gasteiger partial charge in [-0.3, -0.25) is 0 Å². The van der Waals surface area contributed by atoms with Gasteiger partial charge < -0.3 is 4.52 Å².